The van der Waals surface area contributed by atoms with Crippen molar-refractivity contribution in [2.45, 2.75) is 6.54 Å². The number of nitrogens with one attached hydrogen (secondary N) is 2. The monoisotopic (exact) mass is 371 g/mol. The van der Waals surface area contributed by atoms with Gasteiger partial charge >= 0.3 is 0 Å². The van der Waals surface area contributed by atoms with Crippen molar-refractivity contribution < 1.29 is 4.79 Å². The van der Waals surface area contributed by atoms with E-state index in [2.05, 4.69) is 15.6 Å². The van der Waals surface area contributed by atoms with Crippen LogP contribution in [0.3, 0.4) is 0 Å². The van der Waals surface area contributed by atoms with E-state index < -0.39 is 0 Å². The summed E-state index contributed by atoms with van der Waals surface area (Å²) in [5.41, 5.74) is 2.10. The number of hydrogen-bond acceptors (Lipinski definition) is 3. The van der Waals surface area contributed by atoms with Gasteiger partial charge in [-0.1, -0.05) is 53.5 Å². The molecule has 25 heavy (non-hydrogen) atoms. The third-order valence-corrected chi connectivity index (χ3v) is 4.07. The summed E-state index contributed by atoms with van der Waals surface area (Å²) in [4.78, 5) is 16.5. The minimum Gasteiger partial charge on any atom is -0.366 e. The maximum Gasteiger partial charge on any atom is 0.257 e. The second-order valence-corrected chi connectivity index (χ2v) is 6.19. The fraction of sp³-hybridized carbons (Fsp3) is 0.0526. The number of nitrogens with zero attached hydrogens (tertiary/aromatic N) is 1. The van der Waals surface area contributed by atoms with Gasteiger partial charge < -0.3 is 10.6 Å². The number of amides is 1. The number of pyridine rings is 1. The van der Waals surface area contributed by atoms with E-state index in [0.29, 0.717) is 33.7 Å². The Labute approximate surface area is 155 Å². The Morgan fingerprint density at radius 3 is 2.48 bits per heavy atom. The predicted octanol–water partition coefficient (Wildman–Crippen LogP) is 5.25. The molecule has 1 amide bonds. The van der Waals surface area contributed by atoms with Crippen LogP contribution in [0.4, 0.5) is 11.5 Å². The minimum atomic E-state index is -0.286. The molecular weight excluding hydrogens is 357 g/mol. The highest BCUT2D eigenvalue weighted by molar-refractivity contribution is 6.36. The molecule has 0 bridgehead atoms. The summed E-state index contributed by atoms with van der Waals surface area (Å²) >= 11 is 11.9. The average molecular weight is 372 g/mol. The molecule has 126 valence electrons. The maximum absolute atomic E-state index is 12.3. The number of aromatic nitrogens is 1. The molecule has 1 heterocycles. The van der Waals surface area contributed by atoms with Gasteiger partial charge in [0.2, 0.25) is 0 Å². The highest BCUT2D eigenvalue weighted by Gasteiger charge is 2.09. The molecule has 0 radical (unpaired) electrons. The molecule has 0 aliphatic rings. The molecule has 4 nitrogen and oxygen atoms in total. The average Bonchev–Trinajstić information content (AvgIpc) is 2.63. The van der Waals surface area contributed by atoms with Crippen molar-refractivity contribution in [3.05, 3.63) is 88.0 Å². The number of benzene rings is 2. The van der Waals surface area contributed by atoms with Gasteiger partial charge in [-0.3, -0.25) is 4.79 Å². The fourth-order valence-electron chi connectivity index (χ4n) is 2.21. The minimum absolute atomic E-state index is 0.286. The van der Waals surface area contributed by atoms with Crippen LogP contribution in [-0.2, 0) is 6.54 Å². The molecule has 0 spiro atoms. The predicted molar refractivity (Wildman–Crippen MR) is 102 cm³/mol. The molecule has 6 heteroatoms. The zero-order valence-corrected chi connectivity index (χ0v) is 14.7. The Balaban J connectivity index is 1.62. The molecule has 0 unspecified atom stereocenters. The van der Waals surface area contributed by atoms with Crippen LogP contribution in [0.1, 0.15) is 15.9 Å². The van der Waals surface area contributed by atoms with Crippen molar-refractivity contribution in [1.29, 1.82) is 0 Å². The summed E-state index contributed by atoms with van der Waals surface area (Å²) < 4.78 is 0. The SMILES string of the molecule is O=C(Nc1ccc(Cl)cc1Cl)c1ccc(NCc2ccccc2)nc1. The summed E-state index contributed by atoms with van der Waals surface area (Å²) in [6.07, 6.45) is 1.52. The first-order valence-corrected chi connectivity index (χ1v) is 8.38. The normalized spacial score (nSPS) is 10.3. The molecule has 0 aliphatic carbocycles. The molecule has 3 aromatic rings. The van der Waals surface area contributed by atoms with Gasteiger partial charge in [0, 0.05) is 17.8 Å². The lowest BCUT2D eigenvalue weighted by atomic mass is 10.2. The molecule has 2 aromatic carbocycles. The zero-order valence-electron chi connectivity index (χ0n) is 13.2. The van der Waals surface area contributed by atoms with Crippen molar-refractivity contribution in [2.24, 2.45) is 0 Å². The molecule has 0 fully saturated rings. The molecule has 0 aliphatic heterocycles. The van der Waals surface area contributed by atoms with E-state index in [9.17, 15) is 4.79 Å². The topological polar surface area (TPSA) is 54.0 Å². The molecule has 1 aromatic heterocycles. The number of carbonyl (C=O) groups excluding carboxylic acids is 1. The molecule has 0 atom stereocenters. The Morgan fingerprint density at radius 2 is 1.80 bits per heavy atom. The number of rotatable bonds is 5. The van der Waals surface area contributed by atoms with Crippen molar-refractivity contribution in [3.63, 3.8) is 0 Å². The van der Waals surface area contributed by atoms with Crippen molar-refractivity contribution in [2.75, 3.05) is 10.6 Å². The van der Waals surface area contributed by atoms with Crippen LogP contribution in [0, 0.1) is 0 Å². The quantitative estimate of drug-likeness (QED) is 0.643. The van der Waals surface area contributed by atoms with Crippen LogP contribution in [-0.4, -0.2) is 10.9 Å². The van der Waals surface area contributed by atoms with Gasteiger partial charge in [-0.2, -0.15) is 0 Å². The van der Waals surface area contributed by atoms with Gasteiger partial charge in [0.25, 0.3) is 5.91 Å². The third-order valence-electron chi connectivity index (χ3n) is 3.52. The lowest BCUT2D eigenvalue weighted by Crippen LogP contribution is -2.13. The first kappa shape index (κ1) is 17.3. The van der Waals surface area contributed by atoms with Crippen LogP contribution in [0.2, 0.25) is 10.0 Å². The summed E-state index contributed by atoms with van der Waals surface area (Å²) in [5, 5.41) is 6.85. The standard InChI is InChI=1S/C19H15Cl2N3O/c20-15-7-8-17(16(21)10-15)24-19(25)14-6-9-18(23-12-14)22-11-13-4-2-1-3-5-13/h1-10,12H,11H2,(H,22,23)(H,24,25). The van der Waals surface area contributed by atoms with Gasteiger partial charge in [-0.05, 0) is 35.9 Å². The Kier molecular flexibility index (Phi) is 5.53. The maximum atomic E-state index is 12.3. The van der Waals surface area contributed by atoms with Crippen LogP contribution in [0.15, 0.2) is 66.9 Å². The van der Waals surface area contributed by atoms with Crippen LogP contribution < -0.4 is 10.6 Å². The van der Waals surface area contributed by atoms with E-state index in [1.807, 2.05) is 30.3 Å². The van der Waals surface area contributed by atoms with E-state index in [1.54, 1.807) is 30.3 Å². The second kappa shape index (κ2) is 8.01. The number of anilines is 2. The van der Waals surface area contributed by atoms with Crippen LogP contribution >= 0.6 is 23.2 Å². The van der Waals surface area contributed by atoms with E-state index in [4.69, 9.17) is 23.2 Å². The van der Waals surface area contributed by atoms with Crippen LogP contribution in [0.5, 0.6) is 0 Å². The molecule has 2 N–H and O–H groups in total. The smallest absolute Gasteiger partial charge is 0.257 e. The van der Waals surface area contributed by atoms with E-state index >= 15 is 0 Å². The van der Waals surface area contributed by atoms with Gasteiger partial charge in [0.1, 0.15) is 5.82 Å². The number of hydrogen-bond donors (Lipinski definition) is 2. The molecular formula is C19H15Cl2N3O. The van der Waals surface area contributed by atoms with Crippen molar-refractivity contribution >= 4 is 40.6 Å². The Hall–Kier alpha value is -2.56. The van der Waals surface area contributed by atoms with Crippen molar-refractivity contribution in [1.82, 2.24) is 4.98 Å². The van der Waals surface area contributed by atoms with Crippen LogP contribution in [0.25, 0.3) is 0 Å². The first-order chi connectivity index (χ1) is 12.1. The largest absolute Gasteiger partial charge is 0.366 e. The lowest BCUT2D eigenvalue weighted by molar-refractivity contribution is 0.102. The highest BCUT2D eigenvalue weighted by Crippen LogP contribution is 2.25. The summed E-state index contributed by atoms with van der Waals surface area (Å²) in [6.45, 7) is 0.666. The molecule has 0 saturated carbocycles. The zero-order chi connectivity index (χ0) is 17.6. The van der Waals surface area contributed by atoms with Gasteiger partial charge in [0.05, 0.1) is 16.3 Å². The highest BCUT2D eigenvalue weighted by atomic mass is 35.5. The van der Waals surface area contributed by atoms with E-state index in [0.717, 1.165) is 5.56 Å². The van der Waals surface area contributed by atoms with E-state index in [-0.39, 0.29) is 5.91 Å². The summed E-state index contributed by atoms with van der Waals surface area (Å²) in [7, 11) is 0. The first-order valence-electron chi connectivity index (χ1n) is 7.62. The Morgan fingerprint density at radius 1 is 1.00 bits per heavy atom. The second-order valence-electron chi connectivity index (χ2n) is 5.35. The molecule has 3 rings (SSSR count). The number of carbonyl (C=O) groups is 1. The van der Waals surface area contributed by atoms with E-state index in [1.165, 1.54) is 6.20 Å². The fourth-order valence-corrected chi connectivity index (χ4v) is 2.66. The molecule has 0 saturated heterocycles. The third kappa shape index (κ3) is 4.72. The van der Waals surface area contributed by atoms with Crippen molar-refractivity contribution in [3.8, 4) is 0 Å². The lowest BCUT2D eigenvalue weighted by Gasteiger charge is -2.09. The van der Waals surface area contributed by atoms with Gasteiger partial charge in [-0.25, -0.2) is 4.98 Å². The van der Waals surface area contributed by atoms with Gasteiger partial charge in [-0.15, -0.1) is 0 Å². The van der Waals surface area contributed by atoms with Gasteiger partial charge in [0.15, 0.2) is 0 Å². The summed E-state index contributed by atoms with van der Waals surface area (Å²) in [6, 6.07) is 18.4. The number of halogens is 2. The summed E-state index contributed by atoms with van der Waals surface area (Å²) in [5.74, 6) is 0.413. The Bertz CT molecular complexity index is 868.